The van der Waals surface area contributed by atoms with Gasteiger partial charge in [-0.2, -0.15) is 5.10 Å². The van der Waals surface area contributed by atoms with E-state index in [1.54, 1.807) is 18.2 Å². The van der Waals surface area contributed by atoms with Crippen molar-refractivity contribution in [3.05, 3.63) is 94.0 Å². The Labute approximate surface area is 185 Å². The third kappa shape index (κ3) is 6.17. The highest BCUT2D eigenvalue weighted by molar-refractivity contribution is 6.39. The summed E-state index contributed by atoms with van der Waals surface area (Å²) in [5.74, 6) is -1.01. The highest BCUT2D eigenvalue weighted by atomic mass is 35.5. The Morgan fingerprint density at radius 2 is 1.68 bits per heavy atom. The van der Waals surface area contributed by atoms with E-state index >= 15 is 0 Å². The number of hydrogen-bond donors (Lipinski definition) is 2. The van der Waals surface area contributed by atoms with Gasteiger partial charge in [-0.1, -0.05) is 60.1 Å². The molecule has 2 amide bonds. The molecular weight excluding hydrogens is 414 g/mol. The number of nitrogens with zero attached hydrogens (tertiary/aromatic N) is 1. The highest BCUT2D eigenvalue weighted by Gasteiger charge is 2.15. The molecule has 31 heavy (non-hydrogen) atoms. The molecule has 0 aliphatic heterocycles. The number of benzene rings is 3. The van der Waals surface area contributed by atoms with E-state index in [9.17, 15) is 9.59 Å². The lowest BCUT2D eigenvalue weighted by molar-refractivity contribution is -0.136. The lowest BCUT2D eigenvalue weighted by Gasteiger charge is -2.10. The second kappa shape index (κ2) is 10.4. The van der Waals surface area contributed by atoms with Crippen molar-refractivity contribution in [2.75, 3.05) is 5.32 Å². The SMILES string of the molecule is Cc1cccc(C)c1NC(=O)C(=O)N/N=C\c1cccc(OCc2ccccc2Cl)c1. The number of amides is 2. The summed E-state index contributed by atoms with van der Waals surface area (Å²) in [6, 6.07) is 20.2. The fourth-order valence-electron chi connectivity index (χ4n) is 2.86. The summed E-state index contributed by atoms with van der Waals surface area (Å²) in [4.78, 5) is 24.2. The van der Waals surface area contributed by atoms with Crippen molar-refractivity contribution in [2.24, 2.45) is 5.10 Å². The Morgan fingerprint density at radius 1 is 0.968 bits per heavy atom. The Balaban J connectivity index is 1.55. The summed E-state index contributed by atoms with van der Waals surface area (Å²) in [5.41, 5.74) is 6.18. The molecule has 7 heteroatoms. The Kier molecular flexibility index (Phi) is 7.40. The number of anilines is 1. The fourth-order valence-corrected chi connectivity index (χ4v) is 3.05. The molecule has 0 atom stereocenters. The summed E-state index contributed by atoms with van der Waals surface area (Å²) in [6.07, 6.45) is 1.44. The number of ether oxygens (including phenoxy) is 1. The highest BCUT2D eigenvalue weighted by Crippen LogP contribution is 2.20. The van der Waals surface area contributed by atoms with Crippen molar-refractivity contribution in [2.45, 2.75) is 20.5 Å². The van der Waals surface area contributed by atoms with E-state index in [-0.39, 0.29) is 0 Å². The minimum atomic E-state index is -0.856. The summed E-state index contributed by atoms with van der Waals surface area (Å²) in [7, 11) is 0. The van der Waals surface area contributed by atoms with Crippen molar-refractivity contribution in [3.8, 4) is 5.75 Å². The molecule has 158 valence electrons. The van der Waals surface area contributed by atoms with Crippen LogP contribution in [0.5, 0.6) is 5.75 Å². The van der Waals surface area contributed by atoms with E-state index in [4.69, 9.17) is 16.3 Å². The molecule has 3 aromatic carbocycles. The largest absolute Gasteiger partial charge is 0.489 e. The van der Waals surface area contributed by atoms with E-state index in [1.165, 1.54) is 6.21 Å². The van der Waals surface area contributed by atoms with Gasteiger partial charge in [-0.15, -0.1) is 0 Å². The van der Waals surface area contributed by atoms with E-state index in [0.717, 1.165) is 16.7 Å². The molecule has 3 aromatic rings. The zero-order valence-electron chi connectivity index (χ0n) is 17.2. The van der Waals surface area contributed by atoms with Gasteiger partial charge in [0, 0.05) is 16.3 Å². The first-order chi connectivity index (χ1) is 14.9. The standard InChI is InChI=1S/C24H22ClN3O3/c1-16-7-5-8-17(2)22(16)27-23(29)24(30)28-26-14-18-9-6-11-20(13-18)31-15-19-10-3-4-12-21(19)25/h3-14H,15H2,1-2H3,(H,27,29)(H,28,30)/b26-14-. The maximum atomic E-state index is 12.1. The molecule has 0 aromatic heterocycles. The van der Waals surface area contributed by atoms with Gasteiger partial charge in [0.15, 0.2) is 0 Å². The van der Waals surface area contributed by atoms with Crippen molar-refractivity contribution >= 4 is 35.3 Å². The molecule has 0 heterocycles. The number of carbonyl (C=O) groups excluding carboxylic acids is 2. The molecule has 0 saturated carbocycles. The van der Waals surface area contributed by atoms with Crippen LogP contribution in [-0.4, -0.2) is 18.0 Å². The van der Waals surface area contributed by atoms with Crippen molar-refractivity contribution in [1.82, 2.24) is 5.43 Å². The second-order valence-corrected chi connectivity index (χ2v) is 7.28. The fraction of sp³-hybridized carbons (Fsp3) is 0.125. The van der Waals surface area contributed by atoms with Crippen LogP contribution in [0.3, 0.4) is 0 Å². The van der Waals surface area contributed by atoms with Gasteiger partial charge in [0.2, 0.25) is 0 Å². The number of hydrogen-bond acceptors (Lipinski definition) is 4. The molecule has 0 radical (unpaired) electrons. The van der Waals surface area contributed by atoms with Crippen LogP contribution in [0.15, 0.2) is 71.8 Å². The van der Waals surface area contributed by atoms with Gasteiger partial charge in [0.05, 0.1) is 6.21 Å². The Bertz CT molecular complexity index is 1110. The number of rotatable bonds is 6. The summed E-state index contributed by atoms with van der Waals surface area (Å²) in [6.45, 7) is 4.05. The lowest BCUT2D eigenvalue weighted by Crippen LogP contribution is -2.32. The Morgan fingerprint density at radius 3 is 2.42 bits per heavy atom. The predicted octanol–water partition coefficient (Wildman–Crippen LogP) is 4.62. The van der Waals surface area contributed by atoms with Crippen LogP contribution in [0, 0.1) is 13.8 Å². The molecule has 0 unspecified atom stereocenters. The van der Waals surface area contributed by atoms with Crippen LogP contribution >= 0.6 is 11.6 Å². The maximum Gasteiger partial charge on any atom is 0.329 e. The first-order valence-corrected chi connectivity index (χ1v) is 9.98. The van der Waals surface area contributed by atoms with Crippen LogP contribution in [0.2, 0.25) is 5.02 Å². The van der Waals surface area contributed by atoms with Crippen molar-refractivity contribution in [1.29, 1.82) is 0 Å². The molecule has 0 fully saturated rings. The van der Waals surface area contributed by atoms with E-state index in [0.29, 0.717) is 28.6 Å². The van der Waals surface area contributed by atoms with Gasteiger partial charge in [-0.05, 0) is 48.7 Å². The zero-order chi connectivity index (χ0) is 22.2. The number of para-hydroxylation sites is 1. The zero-order valence-corrected chi connectivity index (χ0v) is 17.9. The minimum Gasteiger partial charge on any atom is -0.489 e. The third-order valence-electron chi connectivity index (χ3n) is 4.52. The average molecular weight is 436 g/mol. The molecule has 3 rings (SSSR count). The van der Waals surface area contributed by atoms with E-state index in [1.807, 2.05) is 62.4 Å². The second-order valence-electron chi connectivity index (χ2n) is 6.87. The maximum absolute atomic E-state index is 12.1. The molecule has 0 aliphatic rings. The van der Waals surface area contributed by atoms with Crippen LogP contribution in [0.4, 0.5) is 5.69 Å². The van der Waals surface area contributed by atoms with Crippen LogP contribution in [0.1, 0.15) is 22.3 Å². The lowest BCUT2D eigenvalue weighted by atomic mass is 10.1. The molecule has 2 N–H and O–H groups in total. The molecule has 0 bridgehead atoms. The number of nitrogens with one attached hydrogen (secondary N) is 2. The van der Waals surface area contributed by atoms with Gasteiger partial charge in [-0.25, -0.2) is 5.43 Å². The number of aryl methyl sites for hydroxylation is 2. The molecule has 0 aliphatic carbocycles. The molecule has 0 saturated heterocycles. The Hall–Kier alpha value is -3.64. The van der Waals surface area contributed by atoms with Gasteiger partial charge in [0.25, 0.3) is 0 Å². The van der Waals surface area contributed by atoms with Crippen LogP contribution in [0.25, 0.3) is 0 Å². The van der Waals surface area contributed by atoms with Gasteiger partial charge >= 0.3 is 11.8 Å². The van der Waals surface area contributed by atoms with Gasteiger partial charge < -0.3 is 10.1 Å². The minimum absolute atomic E-state index is 0.329. The van der Waals surface area contributed by atoms with Crippen LogP contribution < -0.4 is 15.5 Å². The summed E-state index contributed by atoms with van der Waals surface area (Å²) >= 11 is 6.14. The smallest absolute Gasteiger partial charge is 0.329 e. The van der Waals surface area contributed by atoms with Gasteiger partial charge in [-0.3, -0.25) is 9.59 Å². The topological polar surface area (TPSA) is 79.8 Å². The number of halogens is 1. The predicted molar refractivity (Wildman–Crippen MR) is 123 cm³/mol. The molecular formula is C24H22ClN3O3. The normalized spacial score (nSPS) is 10.7. The first kappa shape index (κ1) is 22.1. The average Bonchev–Trinajstić information content (AvgIpc) is 2.76. The summed E-state index contributed by atoms with van der Waals surface area (Å²) < 4.78 is 5.77. The quantitative estimate of drug-likeness (QED) is 0.336. The van der Waals surface area contributed by atoms with E-state index in [2.05, 4.69) is 15.8 Å². The molecule has 0 spiro atoms. The number of carbonyl (C=O) groups is 2. The molecule has 6 nitrogen and oxygen atoms in total. The number of hydrazone groups is 1. The van der Waals surface area contributed by atoms with Gasteiger partial charge in [0.1, 0.15) is 12.4 Å². The first-order valence-electron chi connectivity index (χ1n) is 9.61. The van der Waals surface area contributed by atoms with Crippen LogP contribution in [-0.2, 0) is 16.2 Å². The van der Waals surface area contributed by atoms with Crippen molar-refractivity contribution < 1.29 is 14.3 Å². The summed E-state index contributed by atoms with van der Waals surface area (Å²) in [5, 5.41) is 7.12. The van der Waals surface area contributed by atoms with E-state index < -0.39 is 11.8 Å². The van der Waals surface area contributed by atoms with Crippen molar-refractivity contribution in [3.63, 3.8) is 0 Å². The monoisotopic (exact) mass is 435 g/mol. The third-order valence-corrected chi connectivity index (χ3v) is 4.88.